The number of amides is 1. The van der Waals surface area contributed by atoms with Crippen LogP contribution in [-0.4, -0.2) is 24.7 Å². The predicted molar refractivity (Wildman–Crippen MR) is 73.4 cm³/mol. The first-order chi connectivity index (χ1) is 8.10. The Balaban J connectivity index is 2.82. The molecule has 0 heterocycles. The van der Waals surface area contributed by atoms with Crippen LogP contribution in [0.2, 0.25) is 0 Å². The zero-order valence-electron chi connectivity index (χ0n) is 10.6. The van der Waals surface area contributed by atoms with Crippen LogP contribution in [0.15, 0.2) is 29.2 Å². The summed E-state index contributed by atoms with van der Waals surface area (Å²) in [6.07, 6.45) is 1.97. The number of carbonyl (C=O) groups is 1. The van der Waals surface area contributed by atoms with Crippen LogP contribution in [0, 0.1) is 5.92 Å². The van der Waals surface area contributed by atoms with E-state index in [1.54, 1.807) is 11.8 Å². The van der Waals surface area contributed by atoms with Gasteiger partial charge in [-0.25, -0.2) is 0 Å². The largest absolute Gasteiger partial charge is 0.348 e. The van der Waals surface area contributed by atoms with Crippen LogP contribution in [0.3, 0.4) is 0 Å². The molecule has 0 aliphatic carbocycles. The molecule has 3 nitrogen and oxygen atoms in total. The molecular weight excluding hydrogens is 232 g/mol. The van der Waals surface area contributed by atoms with Gasteiger partial charge in [0.2, 0.25) is 0 Å². The Morgan fingerprint density at radius 1 is 1.41 bits per heavy atom. The second kappa shape index (κ2) is 6.67. The van der Waals surface area contributed by atoms with Crippen LogP contribution < -0.4 is 11.1 Å². The zero-order valence-corrected chi connectivity index (χ0v) is 11.4. The van der Waals surface area contributed by atoms with Gasteiger partial charge < -0.3 is 11.1 Å². The highest BCUT2D eigenvalue weighted by atomic mass is 32.2. The van der Waals surface area contributed by atoms with Crippen LogP contribution in [0.1, 0.15) is 24.2 Å². The first-order valence-electron chi connectivity index (χ1n) is 5.74. The van der Waals surface area contributed by atoms with E-state index >= 15 is 0 Å². The molecular formula is C13H20N2OS. The number of nitrogens with one attached hydrogen (secondary N) is 1. The molecule has 0 aliphatic rings. The van der Waals surface area contributed by atoms with Crippen molar-refractivity contribution in [1.82, 2.24) is 5.32 Å². The lowest BCUT2D eigenvalue weighted by Crippen LogP contribution is -2.43. The van der Waals surface area contributed by atoms with E-state index < -0.39 is 0 Å². The minimum atomic E-state index is -0.0425. The zero-order chi connectivity index (χ0) is 12.8. The van der Waals surface area contributed by atoms with Gasteiger partial charge in [-0.05, 0) is 24.3 Å². The van der Waals surface area contributed by atoms with Gasteiger partial charge >= 0.3 is 0 Å². The molecule has 1 amide bonds. The predicted octanol–water partition coefficient (Wildman–Crippen LogP) is 2.12. The summed E-state index contributed by atoms with van der Waals surface area (Å²) in [4.78, 5) is 13.1. The van der Waals surface area contributed by atoms with E-state index in [1.807, 2.05) is 30.5 Å². The van der Waals surface area contributed by atoms with Crippen LogP contribution >= 0.6 is 11.8 Å². The second-order valence-electron chi connectivity index (χ2n) is 4.26. The monoisotopic (exact) mass is 252 g/mol. The molecule has 1 aromatic rings. The van der Waals surface area contributed by atoms with E-state index in [0.717, 1.165) is 10.5 Å². The van der Waals surface area contributed by atoms with Gasteiger partial charge in [-0.1, -0.05) is 26.0 Å². The van der Waals surface area contributed by atoms with Crippen molar-refractivity contribution in [2.24, 2.45) is 11.7 Å². The molecule has 0 fully saturated rings. The van der Waals surface area contributed by atoms with Crippen molar-refractivity contribution in [3.63, 3.8) is 0 Å². The highest BCUT2D eigenvalue weighted by molar-refractivity contribution is 7.98. The van der Waals surface area contributed by atoms with Gasteiger partial charge in [0.1, 0.15) is 0 Å². The Morgan fingerprint density at radius 3 is 2.59 bits per heavy atom. The van der Waals surface area contributed by atoms with Crippen LogP contribution in [0.4, 0.5) is 0 Å². The molecule has 1 rings (SSSR count). The average Bonchev–Trinajstić information content (AvgIpc) is 2.35. The SMILES string of the molecule is CSc1ccccc1C(=O)NC(CN)C(C)C. The number of thioether (sulfide) groups is 1. The third-order valence-corrected chi connectivity index (χ3v) is 3.52. The van der Waals surface area contributed by atoms with Crippen molar-refractivity contribution in [2.45, 2.75) is 24.8 Å². The van der Waals surface area contributed by atoms with Crippen molar-refractivity contribution in [2.75, 3.05) is 12.8 Å². The lowest BCUT2D eigenvalue weighted by Gasteiger charge is -2.21. The highest BCUT2D eigenvalue weighted by Gasteiger charge is 2.17. The van der Waals surface area contributed by atoms with Gasteiger partial charge in [0.05, 0.1) is 5.56 Å². The van der Waals surface area contributed by atoms with Crippen molar-refractivity contribution < 1.29 is 4.79 Å². The van der Waals surface area contributed by atoms with Crippen molar-refractivity contribution in [3.05, 3.63) is 29.8 Å². The Kier molecular flexibility index (Phi) is 5.51. The number of benzene rings is 1. The van der Waals surface area contributed by atoms with Crippen molar-refractivity contribution in [1.29, 1.82) is 0 Å². The lowest BCUT2D eigenvalue weighted by molar-refractivity contribution is 0.0925. The van der Waals surface area contributed by atoms with Gasteiger partial charge in [-0.2, -0.15) is 0 Å². The number of rotatable bonds is 5. The molecule has 0 bridgehead atoms. The van der Waals surface area contributed by atoms with Crippen LogP contribution in [0.5, 0.6) is 0 Å². The summed E-state index contributed by atoms with van der Waals surface area (Å²) in [5.74, 6) is 0.296. The maximum Gasteiger partial charge on any atom is 0.252 e. The van der Waals surface area contributed by atoms with E-state index in [1.165, 1.54) is 0 Å². The number of hydrogen-bond donors (Lipinski definition) is 2. The lowest BCUT2D eigenvalue weighted by atomic mass is 10.0. The molecule has 94 valence electrons. The molecule has 17 heavy (non-hydrogen) atoms. The minimum absolute atomic E-state index is 0.0254. The Hall–Kier alpha value is -1.00. The molecule has 1 aromatic carbocycles. The van der Waals surface area contributed by atoms with E-state index in [4.69, 9.17) is 5.73 Å². The maximum absolute atomic E-state index is 12.1. The fourth-order valence-electron chi connectivity index (χ4n) is 1.58. The third kappa shape index (κ3) is 3.75. The summed E-state index contributed by atoms with van der Waals surface area (Å²) in [5.41, 5.74) is 6.37. The molecule has 0 spiro atoms. The summed E-state index contributed by atoms with van der Waals surface area (Å²) in [6, 6.07) is 7.63. The first-order valence-corrected chi connectivity index (χ1v) is 6.96. The highest BCUT2D eigenvalue weighted by Crippen LogP contribution is 2.19. The molecule has 0 saturated heterocycles. The third-order valence-electron chi connectivity index (χ3n) is 2.73. The van der Waals surface area contributed by atoms with Gasteiger partial charge in [0, 0.05) is 17.5 Å². The van der Waals surface area contributed by atoms with Crippen LogP contribution in [-0.2, 0) is 0 Å². The molecule has 4 heteroatoms. The molecule has 0 aliphatic heterocycles. The van der Waals surface area contributed by atoms with Crippen LogP contribution in [0.25, 0.3) is 0 Å². The van der Waals surface area contributed by atoms with Gasteiger partial charge in [0.15, 0.2) is 0 Å². The fourth-order valence-corrected chi connectivity index (χ4v) is 2.17. The molecule has 1 atom stereocenters. The number of carbonyl (C=O) groups excluding carboxylic acids is 1. The molecule has 0 aromatic heterocycles. The summed E-state index contributed by atoms with van der Waals surface area (Å²) in [7, 11) is 0. The molecule has 1 unspecified atom stereocenters. The maximum atomic E-state index is 12.1. The average molecular weight is 252 g/mol. The van der Waals surface area contributed by atoms with E-state index in [9.17, 15) is 4.79 Å². The summed E-state index contributed by atoms with van der Waals surface area (Å²) in [5, 5.41) is 2.98. The molecule has 0 saturated carbocycles. The standard InChI is InChI=1S/C13H20N2OS/c1-9(2)11(8-14)15-13(16)10-6-4-5-7-12(10)17-3/h4-7,9,11H,8,14H2,1-3H3,(H,15,16). The molecule has 0 radical (unpaired) electrons. The van der Waals surface area contributed by atoms with E-state index in [-0.39, 0.29) is 11.9 Å². The molecule has 3 N–H and O–H groups in total. The summed E-state index contributed by atoms with van der Waals surface area (Å²) >= 11 is 1.57. The summed E-state index contributed by atoms with van der Waals surface area (Å²) in [6.45, 7) is 4.57. The van der Waals surface area contributed by atoms with Gasteiger partial charge in [-0.15, -0.1) is 11.8 Å². The van der Waals surface area contributed by atoms with E-state index in [0.29, 0.717) is 12.5 Å². The number of hydrogen-bond acceptors (Lipinski definition) is 3. The topological polar surface area (TPSA) is 55.1 Å². The van der Waals surface area contributed by atoms with Crippen molar-refractivity contribution in [3.8, 4) is 0 Å². The smallest absolute Gasteiger partial charge is 0.252 e. The second-order valence-corrected chi connectivity index (χ2v) is 5.11. The van der Waals surface area contributed by atoms with Gasteiger partial charge in [0.25, 0.3) is 5.91 Å². The number of nitrogens with two attached hydrogens (primary N) is 1. The normalized spacial score (nSPS) is 12.5. The first kappa shape index (κ1) is 14.1. The Labute approximate surface area is 107 Å². The fraction of sp³-hybridized carbons (Fsp3) is 0.462. The van der Waals surface area contributed by atoms with Crippen molar-refractivity contribution >= 4 is 17.7 Å². The Bertz CT molecular complexity index is 379. The quantitative estimate of drug-likeness (QED) is 0.789. The van der Waals surface area contributed by atoms with Gasteiger partial charge in [-0.3, -0.25) is 4.79 Å². The summed E-state index contributed by atoms with van der Waals surface area (Å²) < 4.78 is 0. The Morgan fingerprint density at radius 2 is 2.06 bits per heavy atom. The van der Waals surface area contributed by atoms with E-state index in [2.05, 4.69) is 19.2 Å². The minimum Gasteiger partial charge on any atom is -0.348 e.